The summed E-state index contributed by atoms with van der Waals surface area (Å²) in [6, 6.07) is 2.16. The Morgan fingerprint density at radius 1 is 1.43 bits per heavy atom. The zero-order valence-corrected chi connectivity index (χ0v) is 16.1. The van der Waals surface area contributed by atoms with Crippen LogP contribution in [0.3, 0.4) is 0 Å². The van der Waals surface area contributed by atoms with Gasteiger partial charge >= 0.3 is 0 Å². The Morgan fingerprint density at radius 3 is 2.82 bits per heavy atom. The molecule has 1 aliphatic heterocycles. The third-order valence-corrected chi connectivity index (χ3v) is 4.67. The second-order valence-corrected chi connectivity index (χ2v) is 7.40. The third kappa shape index (κ3) is 4.36. The van der Waals surface area contributed by atoms with Crippen LogP contribution in [-0.2, 0) is 5.54 Å². The van der Waals surface area contributed by atoms with Crippen LogP contribution >= 0.6 is 0 Å². The van der Waals surface area contributed by atoms with E-state index in [1.807, 2.05) is 0 Å². The van der Waals surface area contributed by atoms with Crippen LogP contribution in [0.1, 0.15) is 32.4 Å². The molecule has 0 unspecified atom stereocenters. The molecule has 0 radical (unpaired) electrons. The van der Waals surface area contributed by atoms with E-state index in [1.54, 1.807) is 27.0 Å². The minimum atomic E-state index is -1.50. The Morgan fingerprint density at radius 2 is 2.14 bits per heavy atom. The monoisotopic (exact) mass is 391 g/mol. The Balaban J connectivity index is 1.74. The van der Waals surface area contributed by atoms with Crippen molar-refractivity contribution in [1.29, 1.82) is 5.26 Å². The van der Waals surface area contributed by atoms with E-state index in [-0.39, 0.29) is 18.4 Å². The summed E-state index contributed by atoms with van der Waals surface area (Å²) < 4.78 is 35.5. The van der Waals surface area contributed by atoms with Gasteiger partial charge in [0.25, 0.3) is 5.88 Å². The minimum Gasteiger partial charge on any atom is -0.472 e. The van der Waals surface area contributed by atoms with Crippen molar-refractivity contribution in [2.75, 3.05) is 25.0 Å². The standard InChI is InChI=1S/C18H23F2N7O/c1-12-14(9-27(26-12)17(2,3)10-21)24-16-23-8-13(19)15(25-16)28-11-18(20)4-6-22-7-5-18/h8-9,22H,4-7,11H2,1-3H3,(H,23,24,25). The van der Waals surface area contributed by atoms with Gasteiger partial charge in [-0.2, -0.15) is 19.7 Å². The van der Waals surface area contributed by atoms with Crippen molar-refractivity contribution < 1.29 is 13.5 Å². The van der Waals surface area contributed by atoms with Gasteiger partial charge in [-0.1, -0.05) is 0 Å². The van der Waals surface area contributed by atoms with Gasteiger partial charge in [-0.15, -0.1) is 0 Å². The largest absolute Gasteiger partial charge is 0.472 e. The van der Waals surface area contributed by atoms with Gasteiger partial charge in [-0.05, 0) is 46.7 Å². The average Bonchev–Trinajstić information content (AvgIpc) is 3.04. The van der Waals surface area contributed by atoms with Crippen LogP contribution in [-0.4, -0.2) is 45.1 Å². The summed E-state index contributed by atoms with van der Waals surface area (Å²) in [5, 5.41) is 19.6. The minimum absolute atomic E-state index is 0.0898. The molecule has 0 atom stereocenters. The second-order valence-electron chi connectivity index (χ2n) is 7.40. The molecule has 8 nitrogen and oxygen atoms in total. The van der Waals surface area contributed by atoms with Gasteiger partial charge in [0.15, 0.2) is 0 Å². The van der Waals surface area contributed by atoms with Crippen LogP contribution in [0, 0.1) is 24.1 Å². The lowest BCUT2D eigenvalue weighted by molar-refractivity contribution is 0.0500. The summed E-state index contributed by atoms with van der Waals surface area (Å²) >= 11 is 0. The van der Waals surface area contributed by atoms with Gasteiger partial charge in [0.1, 0.15) is 17.8 Å². The van der Waals surface area contributed by atoms with E-state index < -0.39 is 17.0 Å². The molecule has 1 saturated heterocycles. The molecule has 28 heavy (non-hydrogen) atoms. The Kier molecular flexibility index (Phi) is 5.47. The van der Waals surface area contributed by atoms with Gasteiger partial charge in [0, 0.05) is 0 Å². The molecule has 1 fully saturated rings. The van der Waals surface area contributed by atoms with Gasteiger partial charge < -0.3 is 15.4 Å². The Labute approximate surface area is 161 Å². The molecule has 0 saturated carbocycles. The van der Waals surface area contributed by atoms with E-state index in [0.29, 0.717) is 37.3 Å². The summed E-state index contributed by atoms with van der Waals surface area (Å²) in [6.45, 7) is 6.07. The van der Waals surface area contributed by atoms with E-state index in [4.69, 9.17) is 4.74 Å². The van der Waals surface area contributed by atoms with Crippen molar-refractivity contribution in [3.63, 3.8) is 0 Å². The highest BCUT2D eigenvalue weighted by molar-refractivity contribution is 5.55. The van der Waals surface area contributed by atoms with Gasteiger partial charge in [-0.3, -0.25) is 4.68 Å². The number of nitrogens with one attached hydrogen (secondary N) is 2. The molecular weight excluding hydrogens is 368 g/mol. The fraction of sp³-hybridized carbons (Fsp3) is 0.556. The molecule has 0 aromatic carbocycles. The van der Waals surface area contributed by atoms with Crippen LogP contribution in [0.4, 0.5) is 20.4 Å². The van der Waals surface area contributed by atoms with E-state index in [2.05, 4.69) is 31.8 Å². The maximum Gasteiger partial charge on any atom is 0.255 e. The lowest BCUT2D eigenvalue weighted by atomic mass is 9.96. The maximum absolute atomic E-state index is 14.7. The molecule has 0 amide bonds. The molecule has 2 aromatic rings. The summed E-state index contributed by atoms with van der Waals surface area (Å²) in [5.41, 5.74) is -1.14. The Hall–Kier alpha value is -2.80. The highest BCUT2D eigenvalue weighted by Gasteiger charge is 2.33. The van der Waals surface area contributed by atoms with Crippen molar-refractivity contribution in [2.24, 2.45) is 0 Å². The molecule has 1 aliphatic rings. The van der Waals surface area contributed by atoms with Crippen LogP contribution in [0.15, 0.2) is 12.4 Å². The maximum atomic E-state index is 14.7. The van der Waals surface area contributed by atoms with Crippen LogP contribution in [0.5, 0.6) is 5.88 Å². The van der Waals surface area contributed by atoms with E-state index >= 15 is 0 Å². The summed E-state index contributed by atoms with van der Waals surface area (Å²) in [6.07, 6.45) is 3.23. The van der Waals surface area contributed by atoms with Crippen molar-refractivity contribution >= 4 is 11.6 Å². The molecule has 3 rings (SSSR count). The SMILES string of the molecule is Cc1nn(C(C)(C)C#N)cc1Nc1ncc(F)c(OCC2(F)CCNCC2)n1. The topological polar surface area (TPSA) is 101 Å². The van der Waals surface area contributed by atoms with Gasteiger partial charge in [-0.25, -0.2) is 9.37 Å². The predicted octanol–water partition coefficient (Wildman–Crippen LogP) is 2.59. The van der Waals surface area contributed by atoms with Crippen LogP contribution in [0.2, 0.25) is 0 Å². The van der Waals surface area contributed by atoms with E-state index in [9.17, 15) is 14.0 Å². The van der Waals surface area contributed by atoms with Crippen molar-refractivity contribution in [3.05, 3.63) is 23.9 Å². The highest BCUT2D eigenvalue weighted by atomic mass is 19.1. The number of hydrogen-bond acceptors (Lipinski definition) is 7. The average molecular weight is 391 g/mol. The molecule has 0 spiro atoms. The second kappa shape index (κ2) is 7.67. The lowest BCUT2D eigenvalue weighted by Crippen LogP contribution is -2.42. The molecule has 10 heteroatoms. The lowest BCUT2D eigenvalue weighted by Gasteiger charge is -2.29. The number of aromatic nitrogens is 4. The number of ether oxygens (including phenoxy) is 1. The fourth-order valence-corrected chi connectivity index (χ4v) is 2.77. The molecule has 2 N–H and O–H groups in total. The van der Waals surface area contributed by atoms with E-state index in [1.165, 1.54) is 4.68 Å². The zero-order valence-electron chi connectivity index (χ0n) is 16.1. The number of nitrogens with zero attached hydrogens (tertiary/aromatic N) is 5. The number of rotatable bonds is 6. The third-order valence-electron chi connectivity index (χ3n) is 4.67. The first kappa shape index (κ1) is 19.9. The normalized spacial score (nSPS) is 16.4. The number of halogens is 2. The Bertz CT molecular complexity index is 885. The van der Waals surface area contributed by atoms with Crippen LogP contribution < -0.4 is 15.4 Å². The molecule has 0 aliphatic carbocycles. The van der Waals surface area contributed by atoms with E-state index in [0.717, 1.165) is 6.20 Å². The van der Waals surface area contributed by atoms with Crippen LogP contribution in [0.25, 0.3) is 0 Å². The van der Waals surface area contributed by atoms with Crippen molar-refractivity contribution in [1.82, 2.24) is 25.1 Å². The molecule has 150 valence electrons. The van der Waals surface area contributed by atoms with Gasteiger partial charge in [0.2, 0.25) is 11.8 Å². The number of alkyl halides is 1. The smallest absolute Gasteiger partial charge is 0.255 e. The zero-order chi connectivity index (χ0) is 20.4. The number of piperidine rings is 1. The van der Waals surface area contributed by atoms with Gasteiger partial charge in [0.05, 0.1) is 29.8 Å². The highest BCUT2D eigenvalue weighted by Crippen LogP contribution is 2.26. The molecule has 0 bridgehead atoms. The number of hydrogen-bond donors (Lipinski definition) is 2. The van der Waals surface area contributed by atoms with Crippen molar-refractivity contribution in [2.45, 2.75) is 44.8 Å². The molecule has 3 heterocycles. The number of nitriles is 1. The quantitative estimate of drug-likeness (QED) is 0.780. The summed E-state index contributed by atoms with van der Waals surface area (Å²) in [7, 11) is 0. The first-order valence-electron chi connectivity index (χ1n) is 9.02. The first-order chi connectivity index (χ1) is 13.2. The number of aryl methyl sites for hydroxylation is 1. The summed E-state index contributed by atoms with van der Waals surface area (Å²) in [5.74, 6) is -0.983. The predicted molar refractivity (Wildman–Crippen MR) is 98.6 cm³/mol. The fourth-order valence-electron chi connectivity index (χ4n) is 2.77. The van der Waals surface area contributed by atoms with Crippen molar-refractivity contribution in [3.8, 4) is 11.9 Å². The first-order valence-corrected chi connectivity index (χ1v) is 9.02. The summed E-state index contributed by atoms with van der Waals surface area (Å²) in [4.78, 5) is 7.91. The molecular formula is C18H23F2N7O. The number of anilines is 2. The molecule has 2 aromatic heterocycles.